The van der Waals surface area contributed by atoms with Crippen molar-refractivity contribution in [2.24, 2.45) is 27.8 Å². The van der Waals surface area contributed by atoms with Crippen LogP contribution in [0.2, 0.25) is 0 Å². The second-order valence-electron chi connectivity index (χ2n) is 12.1. The molecule has 0 spiro atoms. The van der Waals surface area contributed by atoms with Crippen molar-refractivity contribution >= 4 is 5.71 Å². The van der Waals surface area contributed by atoms with E-state index in [0.29, 0.717) is 31.3 Å². The molecule has 0 aromatic heterocycles. The summed E-state index contributed by atoms with van der Waals surface area (Å²) in [6.45, 7) is 19.4. The van der Waals surface area contributed by atoms with Gasteiger partial charge in [-0.05, 0) is 73.0 Å². The first-order valence-electron chi connectivity index (χ1n) is 13.6. The molecular weight excluding hydrogens is 446 g/mol. The van der Waals surface area contributed by atoms with Crippen LogP contribution in [0.15, 0.2) is 77.1 Å². The van der Waals surface area contributed by atoms with Crippen LogP contribution >= 0.6 is 0 Å². The lowest BCUT2D eigenvalue weighted by atomic mass is 9.62. The summed E-state index contributed by atoms with van der Waals surface area (Å²) in [7, 11) is 0. The summed E-state index contributed by atoms with van der Waals surface area (Å²) < 4.78 is 0. The highest BCUT2D eigenvalue weighted by molar-refractivity contribution is 5.98. The van der Waals surface area contributed by atoms with Gasteiger partial charge in [0.2, 0.25) is 0 Å². The zero-order valence-corrected chi connectivity index (χ0v) is 23.1. The molecule has 2 fully saturated rings. The van der Waals surface area contributed by atoms with Gasteiger partial charge in [-0.3, -0.25) is 0 Å². The Morgan fingerprint density at radius 2 is 2.06 bits per heavy atom. The van der Waals surface area contributed by atoms with Crippen LogP contribution in [-0.4, -0.2) is 34.7 Å². The first-order valence-corrected chi connectivity index (χ1v) is 13.6. The van der Waals surface area contributed by atoms with Gasteiger partial charge in [0.1, 0.15) is 6.61 Å². The van der Waals surface area contributed by atoms with Crippen molar-refractivity contribution in [2.75, 3.05) is 6.61 Å². The van der Waals surface area contributed by atoms with E-state index in [-0.39, 0.29) is 10.8 Å². The molecule has 36 heavy (non-hydrogen) atoms. The molecule has 198 valence electrons. The van der Waals surface area contributed by atoms with Gasteiger partial charge in [-0.1, -0.05) is 94.5 Å². The molecule has 0 bridgehead atoms. The number of hydrogen-bond donors (Lipinski definition) is 2. The fourth-order valence-corrected chi connectivity index (χ4v) is 6.17. The number of allylic oxidation sites excluding steroid dienone is 7. The first kappa shape index (κ1) is 28.4. The minimum Gasteiger partial charge on any atom is -0.393 e. The number of fused-ring (bicyclic) bond motifs is 1. The number of rotatable bonds is 8. The molecule has 3 aliphatic carbocycles. The molecule has 5 atom stereocenters. The third kappa shape index (κ3) is 6.58. The molecule has 0 heterocycles. The monoisotopic (exact) mass is 493 g/mol. The zero-order valence-electron chi connectivity index (χ0n) is 23.1. The molecule has 0 aromatic carbocycles. The highest BCUT2D eigenvalue weighted by Crippen LogP contribution is 2.57. The van der Waals surface area contributed by atoms with E-state index in [1.54, 1.807) is 11.6 Å². The predicted octanol–water partition coefficient (Wildman–Crippen LogP) is 7.23. The van der Waals surface area contributed by atoms with Crippen LogP contribution in [0.4, 0.5) is 0 Å². The number of nitrogens with zero attached hydrogens (tertiary/aromatic N) is 1. The van der Waals surface area contributed by atoms with E-state index >= 15 is 0 Å². The Morgan fingerprint density at radius 3 is 2.75 bits per heavy atom. The van der Waals surface area contributed by atoms with Gasteiger partial charge in [-0.25, -0.2) is 0 Å². The fraction of sp³-hybridized carbons (Fsp3) is 0.594. The summed E-state index contributed by atoms with van der Waals surface area (Å²) in [6.07, 6.45) is 18.4. The SMILES string of the molecule is C=CCON=C(/C=C/C[C@@H](C)C1=CC[C@H]2/C(=C/C=C3/C[C@@H](O)C[C@H](O)C3=C)CCC[C@]12C)C(C)(C)C. The van der Waals surface area contributed by atoms with Crippen LogP contribution in [0.5, 0.6) is 0 Å². The molecule has 0 saturated heterocycles. The molecular formula is C32H47NO3. The average Bonchev–Trinajstić information content (AvgIpc) is 3.16. The van der Waals surface area contributed by atoms with E-state index in [2.05, 4.69) is 83.3 Å². The van der Waals surface area contributed by atoms with Crippen molar-refractivity contribution < 1.29 is 15.1 Å². The normalized spacial score (nSPS) is 32.6. The van der Waals surface area contributed by atoms with E-state index in [9.17, 15) is 10.2 Å². The third-order valence-corrected chi connectivity index (χ3v) is 8.30. The van der Waals surface area contributed by atoms with Crippen LogP contribution in [0.25, 0.3) is 0 Å². The minimum absolute atomic E-state index is 0.0854. The Balaban J connectivity index is 1.71. The Kier molecular flexibility index (Phi) is 9.40. The Hall–Kier alpha value is -2.17. The molecule has 0 radical (unpaired) electrons. The van der Waals surface area contributed by atoms with Crippen molar-refractivity contribution in [3.8, 4) is 0 Å². The minimum atomic E-state index is -0.638. The number of aliphatic hydroxyl groups excluding tert-OH is 2. The fourth-order valence-electron chi connectivity index (χ4n) is 6.17. The molecule has 2 saturated carbocycles. The summed E-state index contributed by atoms with van der Waals surface area (Å²) in [5.41, 5.74) is 5.87. The Labute approximate surface area is 218 Å². The Morgan fingerprint density at radius 1 is 1.31 bits per heavy atom. The molecule has 0 aromatic rings. The summed E-state index contributed by atoms with van der Waals surface area (Å²) in [6, 6.07) is 0. The lowest BCUT2D eigenvalue weighted by molar-refractivity contribution is 0.0862. The molecule has 0 unspecified atom stereocenters. The summed E-state index contributed by atoms with van der Waals surface area (Å²) in [5.74, 6) is 0.989. The van der Waals surface area contributed by atoms with Crippen LogP contribution < -0.4 is 0 Å². The van der Waals surface area contributed by atoms with Gasteiger partial charge in [0.05, 0.1) is 17.9 Å². The van der Waals surface area contributed by atoms with E-state index in [0.717, 1.165) is 36.1 Å². The highest BCUT2D eigenvalue weighted by atomic mass is 16.6. The molecule has 4 nitrogen and oxygen atoms in total. The summed E-state index contributed by atoms with van der Waals surface area (Å²) in [4.78, 5) is 5.38. The van der Waals surface area contributed by atoms with Crippen LogP contribution in [-0.2, 0) is 4.84 Å². The van der Waals surface area contributed by atoms with E-state index < -0.39 is 12.2 Å². The highest BCUT2D eigenvalue weighted by Gasteiger charge is 2.45. The van der Waals surface area contributed by atoms with Crippen LogP contribution in [0.1, 0.15) is 79.6 Å². The van der Waals surface area contributed by atoms with Gasteiger partial charge in [0, 0.05) is 11.8 Å². The van der Waals surface area contributed by atoms with Gasteiger partial charge in [-0.2, -0.15) is 0 Å². The summed E-state index contributed by atoms with van der Waals surface area (Å²) >= 11 is 0. The van der Waals surface area contributed by atoms with E-state index in [1.165, 1.54) is 18.4 Å². The van der Waals surface area contributed by atoms with Gasteiger partial charge in [-0.15, -0.1) is 0 Å². The first-order chi connectivity index (χ1) is 17.0. The second-order valence-corrected chi connectivity index (χ2v) is 12.1. The van der Waals surface area contributed by atoms with Crippen molar-refractivity contribution in [3.63, 3.8) is 0 Å². The molecule has 3 aliphatic rings. The lowest BCUT2D eigenvalue weighted by Crippen LogP contribution is -2.32. The average molecular weight is 494 g/mol. The Bertz CT molecular complexity index is 974. The molecule has 4 heteroatoms. The third-order valence-electron chi connectivity index (χ3n) is 8.30. The maximum absolute atomic E-state index is 10.2. The lowest BCUT2D eigenvalue weighted by Gasteiger charge is -2.42. The van der Waals surface area contributed by atoms with Gasteiger partial charge >= 0.3 is 0 Å². The quantitative estimate of drug-likeness (QED) is 0.162. The second kappa shape index (κ2) is 11.9. The zero-order chi connectivity index (χ0) is 26.5. The maximum atomic E-state index is 10.2. The van der Waals surface area contributed by atoms with Crippen LogP contribution in [0, 0.1) is 22.7 Å². The van der Waals surface area contributed by atoms with E-state index in [1.807, 2.05) is 0 Å². The number of oxime groups is 1. The van der Waals surface area contributed by atoms with Crippen molar-refractivity contribution in [3.05, 3.63) is 71.9 Å². The smallest absolute Gasteiger partial charge is 0.135 e. The predicted molar refractivity (Wildman–Crippen MR) is 151 cm³/mol. The topological polar surface area (TPSA) is 62.0 Å². The van der Waals surface area contributed by atoms with Crippen molar-refractivity contribution in [2.45, 2.75) is 91.8 Å². The molecule has 2 N–H and O–H groups in total. The van der Waals surface area contributed by atoms with Crippen LogP contribution in [0.3, 0.4) is 0 Å². The maximum Gasteiger partial charge on any atom is 0.135 e. The van der Waals surface area contributed by atoms with Gasteiger partial charge in [0.15, 0.2) is 0 Å². The van der Waals surface area contributed by atoms with Gasteiger partial charge < -0.3 is 15.1 Å². The van der Waals surface area contributed by atoms with Gasteiger partial charge in [0.25, 0.3) is 0 Å². The number of aliphatic hydroxyl groups is 2. The van der Waals surface area contributed by atoms with E-state index in [4.69, 9.17) is 4.84 Å². The molecule has 3 rings (SSSR count). The van der Waals surface area contributed by atoms with Crippen molar-refractivity contribution in [1.82, 2.24) is 0 Å². The van der Waals surface area contributed by atoms with Crippen molar-refractivity contribution in [1.29, 1.82) is 0 Å². The largest absolute Gasteiger partial charge is 0.393 e. The standard InChI is InChI=1S/C32H47NO3/c1-8-19-36-33-30(31(4,5)6)13-9-11-22(2)27-16-17-28-24(12-10-18-32(27,28)7)14-15-25-20-26(34)21-29(35)23(25)3/h8-9,13-16,22,26,28-29,34-35H,1,3,10-12,17-21H2,2,4-7H3/b13-9+,24-14+,25-15-,33-30?/t22-,26-,28+,29+,32-/m1/s1. The molecule has 0 aliphatic heterocycles. The summed E-state index contributed by atoms with van der Waals surface area (Å²) in [5, 5.41) is 24.6. The number of hydrogen-bond acceptors (Lipinski definition) is 4. The molecule has 0 amide bonds.